The third-order valence-electron chi connectivity index (χ3n) is 3.84. The maximum atomic E-state index is 12.8. The molecule has 4 N–H and O–H groups in total. The monoisotopic (exact) mass is 346 g/mol. The van der Waals surface area contributed by atoms with E-state index in [9.17, 15) is 13.2 Å². The van der Waals surface area contributed by atoms with Gasteiger partial charge in [-0.15, -0.1) is 0 Å². The molecule has 0 fully saturated rings. The number of amidine groups is 1. The predicted molar refractivity (Wildman–Crippen MR) is 87.6 cm³/mol. The first-order valence-corrected chi connectivity index (χ1v) is 7.37. The van der Waals surface area contributed by atoms with E-state index in [2.05, 4.69) is 10.3 Å². The van der Waals surface area contributed by atoms with Crippen LogP contribution in [0.2, 0.25) is 0 Å². The van der Waals surface area contributed by atoms with Crippen molar-refractivity contribution in [2.24, 2.45) is 16.2 Å². The first kappa shape index (κ1) is 16.7. The number of halogens is 3. The lowest BCUT2D eigenvalue weighted by Crippen LogP contribution is -2.38. The molecule has 1 aromatic heterocycles. The van der Waals surface area contributed by atoms with E-state index in [1.807, 2.05) is 29.0 Å². The number of nitrogens with zero attached hydrogens (tertiary/aromatic N) is 3. The Kier molecular flexibility index (Phi) is 4.26. The molecule has 0 unspecified atom stereocenters. The van der Waals surface area contributed by atoms with Gasteiger partial charge in [0.25, 0.3) is 0 Å². The van der Waals surface area contributed by atoms with Crippen LogP contribution in [-0.4, -0.2) is 10.4 Å². The zero-order valence-corrected chi connectivity index (χ0v) is 13.0. The fraction of sp³-hybridized carbons (Fsp3) is 0.118. The summed E-state index contributed by atoms with van der Waals surface area (Å²) in [4.78, 5) is 0. The zero-order valence-electron chi connectivity index (χ0n) is 13.0. The van der Waals surface area contributed by atoms with Crippen LogP contribution in [0.25, 0.3) is 10.9 Å². The molecule has 5 nitrogen and oxygen atoms in total. The van der Waals surface area contributed by atoms with Gasteiger partial charge >= 0.3 is 12.0 Å². The van der Waals surface area contributed by atoms with Gasteiger partial charge in [0, 0.05) is 28.9 Å². The van der Waals surface area contributed by atoms with Crippen molar-refractivity contribution in [1.82, 2.24) is 4.57 Å². The third kappa shape index (κ3) is 3.52. The first-order valence-electron chi connectivity index (χ1n) is 7.37. The summed E-state index contributed by atoms with van der Waals surface area (Å²) in [5, 5.41) is 13.4. The lowest BCUT2D eigenvalue weighted by Gasteiger charge is -2.10. The average Bonchev–Trinajstić information content (AvgIpc) is 2.97. The van der Waals surface area contributed by atoms with Crippen LogP contribution in [0.4, 0.5) is 13.2 Å². The van der Waals surface area contributed by atoms with Crippen molar-refractivity contribution >= 4 is 16.7 Å². The molecule has 0 aliphatic heterocycles. The summed E-state index contributed by atoms with van der Waals surface area (Å²) in [6.07, 6.45) is -2.54. The molecule has 0 aliphatic carbocycles. The molecule has 3 rings (SSSR count). The number of aromatic nitrogens is 1. The predicted octanol–water partition coefficient (Wildman–Crippen LogP) is 2.54. The van der Waals surface area contributed by atoms with E-state index >= 15 is 0 Å². The molecule has 0 bridgehead atoms. The van der Waals surface area contributed by atoms with Crippen molar-refractivity contribution in [3.8, 4) is 0 Å². The molecule has 0 atom stereocenters. The highest BCUT2D eigenvalue weighted by Crippen LogP contribution is 2.30. The van der Waals surface area contributed by atoms with Gasteiger partial charge in [0.05, 0.1) is 16.2 Å². The summed E-state index contributed by atoms with van der Waals surface area (Å²) in [6.45, 7) is 0.328. The van der Waals surface area contributed by atoms with Crippen LogP contribution in [-0.2, 0) is 12.7 Å². The van der Waals surface area contributed by atoms with Crippen LogP contribution in [0.1, 0.15) is 16.7 Å². The number of nitrogens with two attached hydrogens (primary N) is 2. The first-order chi connectivity index (χ1) is 11.9. The molecule has 1 heterocycles. The minimum absolute atomic E-state index is 0.190. The third-order valence-corrected chi connectivity index (χ3v) is 3.84. The highest BCUT2D eigenvalue weighted by atomic mass is 19.4. The van der Waals surface area contributed by atoms with E-state index < -0.39 is 11.7 Å². The van der Waals surface area contributed by atoms with Crippen molar-refractivity contribution in [3.05, 3.63) is 71.4 Å². The Morgan fingerprint density at radius 3 is 2.64 bits per heavy atom. The molecule has 3 aromatic rings. The van der Waals surface area contributed by atoms with Gasteiger partial charge in [0.15, 0.2) is 0 Å². The second-order valence-electron chi connectivity index (χ2n) is 5.52. The van der Waals surface area contributed by atoms with Crippen LogP contribution < -0.4 is 11.3 Å². The van der Waals surface area contributed by atoms with Gasteiger partial charge in [-0.2, -0.15) is 13.2 Å². The smallest absolute Gasteiger partial charge is 0.343 e. The second-order valence-corrected chi connectivity index (χ2v) is 5.52. The van der Waals surface area contributed by atoms with Crippen molar-refractivity contribution in [2.45, 2.75) is 12.7 Å². The van der Waals surface area contributed by atoms with Gasteiger partial charge in [-0.1, -0.05) is 12.1 Å². The quantitative estimate of drug-likeness (QED) is 0.247. The molecule has 8 heteroatoms. The molecule has 0 spiro atoms. The van der Waals surface area contributed by atoms with Crippen molar-refractivity contribution < 1.29 is 18.6 Å². The summed E-state index contributed by atoms with van der Waals surface area (Å²) >= 11 is 0. The standard InChI is InChI=1S/C17H14F3N5/c18-17(19,20)14-3-1-2-11(8-14)10-25-7-6-12-9-13(4-5-15(12)25)16(21)23-24-22/h1-9H,10H2,(H3,21,22,23)/p+1. The minimum atomic E-state index is -4.35. The van der Waals surface area contributed by atoms with Crippen molar-refractivity contribution in [2.75, 3.05) is 0 Å². The van der Waals surface area contributed by atoms with Crippen LogP contribution in [0.15, 0.2) is 65.1 Å². The number of benzene rings is 2. The normalized spacial score (nSPS) is 12.1. The summed E-state index contributed by atoms with van der Waals surface area (Å²) in [5.74, 6) is 5.18. The van der Waals surface area contributed by atoms with E-state index in [1.165, 1.54) is 6.07 Å². The highest BCUT2D eigenvalue weighted by Gasteiger charge is 2.30. The molecule has 0 saturated heterocycles. The number of hydrogen-bond acceptors (Lipinski definition) is 1. The van der Waals surface area contributed by atoms with E-state index in [0.29, 0.717) is 17.7 Å². The van der Waals surface area contributed by atoms with Gasteiger partial charge in [0.2, 0.25) is 0 Å². The highest BCUT2D eigenvalue weighted by molar-refractivity contribution is 5.98. The SMILES string of the molecule is NN=NC(=[NH2+])c1ccc2c(ccn2Cc2cccc(C(F)(F)F)c2)c1. The van der Waals surface area contributed by atoms with Crippen LogP contribution in [0.3, 0.4) is 0 Å². The molecule has 0 saturated carbocycles. The molecular weight excluding hydrogens is 331 g/mol. The number of alkyl halides is 3. The van der Waals surface area contributed by atoms with E-state index in [1.54, 1.807) is 12.1 Å². The van der Waals surface area contributed by atoms with Crippen LogP contribution in [0, 0.1) is 0 Å². The zero-order chi connectivity index (χ0) is 18.0. The second kappa shape index (κ2) is 6.39. The molecule has 0 amide bonds. The largest absolute Gasteiger partial charge is 0.416 e. The van der Waals surface area contributed by atoms with E-state index in [4.69, 9.17) is 11.3 Å². The van der Waals surface area contributed by atoms with Crippen LogP contribution >= 0.6 is 0 Å². The number of rotatable bonds is 3. The van der Waals surface area contributed by atoms with Gasteiger partial charge in [-0.3, -0.25) is 11.3 Å². The molecule has 25 heavy (non-hydrogen) atoms. The lowest BCUT2D eigenvalue weighted by atomic mass is 10.1. The molecule has 128 valence electrons. The molecule has 2 aromatic carbocycles. The minimum Gasteiger partial charge on any atom is -0.343 e. The molecule has 0 aliphatic rings. The Labute approximate surface area is 141 Å². The molecule has 0 radical (unpaired) electrons. The summed E-state index contributed by atoms with van der Waals surface area (Å²) < 4.78 is 40.4. The molecular formula is C17H15F3N5+. The Bertz CT molecular complexity index is 956. The number of hydrogen-bond donors (Lipinski definition) is 2. The fourth-order valence-electron chi connectivity index (χ4n) is 2.66. The van der Waals surface area contributed by atoms with E-state index in [0.717, 1.165) is 23.0 Å². The van der Waals surface area contributed by atoms with Gasteiger partial charge < -0.3 is 4.57 Å². The van der Waals surface area contributed by atoms with Gasteiger partial charge in [-0.25, -0.2) is 0 Å². The van der Waals surface area contributed by atoms with Gasteiger partial charge in [0.1, 0.15) is 0 Å². The summed E-state index contributed by atoms with van der Waals surface area (Å²) in [6, 6.07) is 12.6. The van der Waals surface area contributed by atoms with Crippen molar-refractivity contribution in [3.63, 3.8) is 0 Å². The Morgan fingerprint density at radius 2 is 1.92 bits per heavy atom. The Morgan fingerprint density at radius 1 is 1.12 bits per heavy atom. The summed E-state index contributed by atoms with van der Waals surface area (Å²) in [7, 11) is 0. The lowest BCUT2D eigenvalue weighted by molar-refractivity contribution is -0.137. The Balaban J connectivity index is 1.91. The van der Waals surface area contributed by atoms with Crippen LogP contribution in [0.5, 0.6) is 0 Å². The fourth-order valence-corrected chi connectivity index (χ4v) is 2.66. The topological polar surface area (TPSA) is 81.3 Å². The number of fused-ring (bicyclic) bond motifs is 1. The maximum absolute atomic E-state index is 12.8. The van der Waals surface area contributed by atoms with E-state index in [-0.39, 0.29) is 5.84 Å². The van der Waals surface area contributed by atoms with Gasteiger partial charge in [-0.05, 0) is 42.0 Å². The average molecular weight is 346 g/mol. The van der Waals surface area contributed by atoms with Crippen molar-refractivity contribution in [1.29, 1.82) is 0 Å². The Hall–Kier alpha value is -3.16. The summed E-state index contributed by atoms with van der Waals surface area (Å²) in [5.41, 5.74) is 1.45. The maximum Gasteiger partial charge on any atom is 0.416 e.